The summed E-state index contributed by atoms with van der Waals surface area (Å²) in [6, 6.07) is 31.6. The molecule has 6 aliphatic rings. The Bertz CT molecular complexity index is 6120. The van der Waals surface area contributed by atoms with Crippen LogP contribution in [0.2, 0.25) is 30.1 Å². The quantitative estimate of drug-likeness (QED) is 0.0371. The lowest BCUT2D eigenvalue weighted by atomic mass is 9.86. The fourth-order valence-electron chi connectivity index (χ4n) is 15.1. The molecule has 3 aliphatic carbocycles. The molecule has 6 aromatic heterocycles. The van der Waals surface area contributed by atoms with E-state index in [1.807, 2.05) is 6.92 Å². The van der Waals surface area contributed by atoms with Gasteiger partial charge in [-0.15, -0.1) is 0 Å². The van der Waals surface area contributed by atoms with E-state index in [0.29, 0.717) is 89.8 Å². The number of nitrogens with zero attached hydrogens (tertiary/aromatic N) is 10. The van der Waals surface area contributed by atoms with Crippen LogP contribution in [0.1, 0.15) is 139 Å². The molecule has 0 bridgehead atoms. The molecule has 5 N–H and O–H groups in total. The second kappa shape index (κ2) is 37.5. The van der Waals surface area contributed by atoms with Crippen LogP contribution >= 0.6 is 69.6 Å². The van der Waals surface area contributed by atoms with Crippen molar-refractivity contribution in [2.24, 2.45) is 0 Å². The number of ether oxygens (including phenoxy) is 3. The van der Waals surface area contributed by atoms with Crippen molar-refractivity contribution in [2.75, 3.05) is 61.0 Å². The lowest BCUT2D eigenvalue weighted by Gasteiger charge is -2.47. The van der Waals surface area contributed by atoms with Crippen molar-refractivity contribution in [3.63, 3.8) is 0 Å². The van der Waals surface area contributed by atoms with Crippen LogP contribution in [0.4, 0.5) is 39.4 Å². The zero-order valence-corrected chi connectivity index (χ0v) is 70.7. The van der Waals surface area contributed by atoms with E-state index in [2.05, 4.69) is 35.7 Å². The highest BCUT2D eigenvalue weighted by Gasteiger charge is 2.49. The van der Waals surface area contributed by atoms with Crippen molar-refractivity contribution >= 4 is 111 Å². The lowest BCUT2D eigenvalue weighted by Crippen LogP contribution is -2.60. The summed E-state index contributed by atoms with van der Waals surface area (Å²) < 4.78 is 101. The molecule has 3 aliphatic heterocycles. The summed E-state index contributed by atoms with van der Waals surface area (Å²) in [5.74, 6) is 0.721. The first-order chi connectivity index (χ1) is 59.8. The third-order valence-electron chi connectivity index (χ3n) is 21.7. The Morgan fingerprint density at radius 3 is 1.47 bits per heavy atom. The fourth-order valence-corrected chi connectivity index (χ4v) is 17.1. The largest absolute Gasteiger partial charge is 0.489 e. The number of carboxylic acid groups (broad SMARTS) is 1. The van der Waals surface area contributed by atoms with Crippen LogP contribution in [0, 0.1) is 42.9 Å². The molecule has 18 rings (SSSR count). The molecule has 26 nitrogen and oxygen atoms in total. The van der Waals surface area contributed by atoms with Gasteiger partial charge in [0.15, 0.2) is 23.3 Å². The molecule has 0 atom stereocenters. The Hall–Kier alpha value is -11.8. The second-order valence-corrected chi connectivity index (χ2v) is 33.0. The maximum atomic E-state index is 14.6. The van der Waals surface area contributed by atoms with Crippen molar-refractivity contribution in [1.82, 2.24) is 40.4 Å². The second-order valence-electron chi connectivity index (χ2n) is 30.5. The first kappa shape index (κ1) is 89.4. The first-order valence-corrected chi connectivity index (χ1v) is 40.9. The third kappa shape index (κ3) is 19.7. The molecule has 3 saturated heterocycles. The summed E-state index contributed by atoms with van der Waals surface area (Å²) in [5.41, 5.74) is 5.63. The minimum atomic E-state index is -1.33. The van der Waals surface area contributed by atoms with Gasteiger partial charge in [-0.1, -0.05) is 98.1 Å². The van der Waals surface area contributed by atoms with Crippen LogP contribution in [0.25, 0.3) is 28.2 Å². The highest BCUT2D eigenvalue weighted by atomic mass is 35.5. The van der Waals surface area contributed by atoms with Gasteiger partial charge in [0, 0.05) is 70.9 Å². The number of hydrogen-bond donors (Lipinski definition) is 5. The van der Waals surface area contributed by atoms with Gasteiger partial charge in [-0.2, -0.15) is 24.3 Å². The lowest BCUT2D eigenvalue weighted by molar-refractivity contribution is -0.193. The monoisotopic (exact) mass is 1830 g/mol. The summed E-state index contributed by atoms with van der Waals surface area (Å²) in [7, 11) is 1.45. The van der Waals surface area contributed by atoms with Gasteiger partial charge in [0.2, 0.25) is 0 Å². The van der Waals surface area contributed by atoms with E-state index in [-0.39, 0.29) is 126 Å². The summed E-state index contributed by atoms with van der Waals surface area (Å²) in [4.78, 5) is 72.9. The Morgan fingerprint density at radius 1 is 0.512 bits per heavy atom. The average Bonchev–Trinajstić information content (AvgIpc) is 1.49. The van der Waals surface area contributed by atoms with Crippen molar-refractivity contribution in [2.45, 2.75) is 107 Å². The summed E-state index contributed by atoms with van der Waals surface area (Å²) >= 11 is 38.8. The molecule has 0 radical (unpaired) electrons. The molecular weight excluding hydrogens is 1760 g/mol. The summed E-state index contributed by atoms with van der Waals surface area (Å²) in [6.45, 7) is 4.91. The van der Waals surface area contributed by atoms with Gasteiger partial charge < -0.3 is 63.7 Å². The number of rotatable bonds is 23. The number of aryl methyl sites for hydroxylation is 2. The van der Waals surface area contributed by atoms with E-state index in [4.69, 9.17) is 112 Å². The Morgan fingerprint density at radius 2 is 0.992 bits per heavy atom. The van der Waals surface area contributed by atoms with Crippen LogP contribution in [0.3, 0.4) is 0 Å². The van der Waals surface area contributed by atoms with Crippen molar-refractivity contribution in [3.05, 3.63) is 284 Å². The smallest absolute Gasteiger partial charge is 0.373 e. The van der Waals surface area contributed by atoms with Crippen LogP contribution in [-0.2, 0) is 55.8 Å². The third-order valence-corrected chi connectivity index (χ3v) is 23.5. The van der Waals surface area contributed by atoms with Crippen molar-refractivity contribution in [1.29, 1.82) is 0 Å². The number of amides is 1. The zero-order chi connectivity index (χ0) is 89.1. The molecule has 9 heterocycles. The van der Waals surface area contributed by atoms with Crippen LogP contribution < -0.4 is 34.2 Å². The Labute approximate surface area is 738 Å². The molecule has 12 aromatic rings. The van der Waals surface area contributed by atoms with Crippen molar-refractivity contribution < 1.29 is 94.4 Å². The van der Waals surface area contributed by atoms with E-state index in [1.54, 1.807) is 93.2 Å². The van der Waals surface area contributed by atoms with Crippen LogP contribution in [0.5, 0.6) is 17.2 Å². The molecule has 125 heavy (non-hydrogen) atoms. The van der Waals surface area contributed by atoms with Gasteiger partial charge in [0.05, 0.1) is 104 Å². The molecular formula is C88H72Cl6F5N11O15. The first-order valence-electron chi connectivity index (χ1n) is 38.6. The van der Waals surface area contributed by atoms with E-state index in [1.165, 1.54) is 86.3 Å². The van der Waals surface area contributed by atoms with Gasteiger partial charge in [0.1, 0.15) is 106 Å². The number of aliphatic hydroxyl groups is 3. The molecule has 6 fully saturated rings. The van der Waals surface area contributed by atoms with Gasteiger partial charge >= 0.3 is 18.3 Å². The van der Waals surface area contributed by atoms with Crippen LogP contribution in [-0.4, -0.2) is 126 Å². The number of halogens is 11. The highest BCUT2D eigenvalue weighted by molar-refractivity contribution is 6.38. The number of benzene rings is 6. The minimum Gasteiger partial charge on any atom is -0.489 e. The standard InChI is InChI=1S/C30H26Cl2F2N4O4.C29H25ClFN3O5.C27H21Cl3F2N4O2.2CO2/c1-15-7-18(33)9-23(32)25(15)26-20(27(42-37-26)16-3-4-16)12-41-19-5-6-21(22(31)10-19)30(40)13-38(14-30)28-24(34)8-17(11-36-28)29(39)35-2;1-16-10-19(31)4-6-21(16)26-22(27(39-33-26)17-2-3-17)13-38-20-5-7-23(24(30)12-20)29(37)14-34(15-29)25-11-18(28(35)36)8-9-32-25;28-20-10-17(5-6-19(20)27(37)13-35(14-27)26-23(32)2-1-7-33-26)38-12-24-18(15-3-4-15)11-34-36(24)25-21(29)8-16(31)9-22(25)30;2*2-1-3/h5-11,16,40H,3-4,12-14H2,1-2H3,(H,35,39);4-12,17,37H,2-3,13-15H2,1H3,(H,35,36);1-2,5-11,15,37H,3-4,12-14H2;;. The van der Waals surface area contributed by atoms with Gasteiger partial charge in [-0.05, 0) is 179 Å². The SMILES string of the molecule is CNC(=O)c1cnc(N2CC(O)(c3ccc(OCc4c(-c5c(C)cc(F)cc5Cl)noc4C4CC4)cc3Cl)C2)c(F)c1.Cc1cc(F)ccc1-c1noc(C2CC2)c1COc1ccc(C2(O)CN(c3cc(C(=O)O)ccn3)C2)c(Cl)c1.O=C=O.O=C=O.OC1(c2ccc(OCc3c(C4CC4)cnn3-c3c(Cl)cc(F)cc3Cl)cc2Cl)CN(c2ncccc2F)C1. The average molecular weight is 1830 g/mol. The predicted octanol–water partition coefficient (Wildman–Crippen LogP) is 17.4. The van der Waals surface area contributed by atoms with E-state index >= 15 is 0 Å². The minimum absolute atomic E-state index is 0.0379. The topological polar surface area (TPSA) is 341 Å². The Kier molecular flexibility index (Phi) is 26.9. The normalized spacial score (nSPS) is 15.5. The number of pyridine rings is 3. The number of aromatic nitrogens is 7. The number of anilines is 3. The summed E-state index contributed by atoms with van der Waals surface area (Å²) in [5, 5.41) is 59.7. The molecule has 6 aromatic carbocycles. The maximum Gasteiger partial charge on any atom is 0.373 e. The maximum absolute atomic E-state index is 14.6. The van der Waals surface area contributed by atoms with Crippen LogP contribution in [0.15, 0.2) is 161 Å². The number of aromatic carboxylic acids is 1. The highest BCUT2D eigenvalue weighted by Crippen LogP contribution is 2.50. The van der Waals surface area contributed by atoms with Gasteiger partial charge in [-0.3, -0.25) is 4.79 Å². The van der Waals surface area contributed by atoms with E-state index < -0.39 is 51.9 Å². The molecule has 3 saturated carbocycles. The van der Waals surface area contributed by atoms with Gasteiger partial charge in [-0.25, -0.2) is 46.4 Å². The number of hydrogen-bond acceptors (Lipinski definition) is 23. The number of β-amino-alcohol motifs (C(OH)–C–C–N with tert-alkyl or cyclic N) is 3. The molecule has 0 spiro atoms. The number of carbonyl (C=O) groups is 2. The zero-order valence-electron chi connectivity index (χ0n) is 66.2. The van der Waals surface area contributed by atoms with Crippen molar-refractivity contribution in [3.8, 4) is 45.5 Å². The number of carbonyl (C=O) groups excluding carboxylic acids is 5. The fraction of sp³-hybridized carbons (Fsp3) is 0.273. The van der Waals surface area contributed by atoms with E-state index in [0.717, 1.165) is 89.6 Å². The molecule has 37 heteroatoms. The molecule has 646 valence electrons. The predicted molar refractivity (Wildman–Crippen MR) is 446 cm³/mol. The number of carboxylic acids is 1. The van der Waals surface area contributed by atoms with Gasteiger partial charge in [0.25, 0.3) is 5.91 Å². The molecule has 1 amide bonds. The number of nitrogens with one attached hydrogen (secondary N) is 1. The summed E-state index contributed by atoms with van der Waals surface area (Å²) in [6.07, 6.45) is 12.6. The Balaban J connectivity index is 0.000000148. The molecule has 0 unspecified atom stereocenters. The van der Waals surface area contributed by atoms with E-state index in [9.17, 15) is 52.0 Å².